The molecular weight excluding hydrogens is 833 g/mol. The van der Waals surface area contributed by atoms with E-state index in [0.717, 1.165) is 22.3 Å². The minimum Gasteiger partial charge on any atom is -0.478 e. The van der Waals surface area contributed by atoms with Crippen LogP contribution in [0.3, 0.4) is 0 Å². The van der Waals surface area contributed by atoms with Crippen LogP contribution in [0.5, 0.6) is 5.88 Å². The molecule has 0 bridgehead atoms. The van der Waals surface area contributed by atoms with E-state index in [2.05, 4.69) is 62.6 Å². The average Bonchev–Trinajstić information content (AvgIpc) is 4.21. The first-order chi connectivity index (χ1) is 32.4. The summed E-state index contributed by atoms with van der Waals surface area (Å²) in [5.74, 6) is 11.3. The highest BCUT2D eigenvalue weighted by atomic mass is 16.5. The van der Waals surface area contributed by atoms with E-state index in [1.54, 1.807) is 86.3 Å². The quantitative estimate of drug-likeness (QED) is 0.127. The minimum absolute atomic E-state index is 0.205. The molecule has 10 rings (SSSR count). The van der Waals surface area contributed by atoms with Crippen LogP contribution in [0.2, 0.25) is 0 Å². The molecule has 0 unspecified atom stereocenters. The third kappa shape index (κ3) is 9.89. The van der Waals surface area contributed by atoms with E-state index in [1.165, 1.54) is 7.11 Å². The Balaban J connectivity index is 0.000000136. The monoisotopic (exact) mass is 868 g/mol. The van der Waals surface area contributed by atoms with Crippen LogP contribution in [0, 0.1) is 24.2 Å². The fourth-order valence-electron chi connectivity index (χ4n) is 6.22. The predicted molar refractivity (Wildman–Crippen MR) is 249 cm³/mol. The molecular formula is C50H36N12O4. The molecule has 0 saturated heterocycles. The molecule has 0 aliphatic carbocycles. The zero-order valence-electron chi connectivity index (χ0n) is 35.0. The Morgan fingerprint density at radius 2 is 0.848 bits per heavy atom. The summed E-state index contributed by atoms with van der Waals surface area (Å²) < 4.78 is 21.4. The Labute approximate surface area is 377 Å². The van der Waals surface area contributed by atoms with Gasteiger partial charge in [0.15, 0.2) is 46.1 Å². The van der Waals surface area contributed by atoms with Crippen LogP contribution < -0.4 is 21.9 Å². The van der Waals surface area contributed by atoms with Crippen LogP contribution in [-0.2, 0) is 0 Å². The summed E-state index contributed by atoms with van der Waals surface area (Å²) in [5.41, 5.74) is 25.5. The maximum atomic E-state index is 6.11. The molecule has 0 radical (unpaired) electrons. The van der Waals surface area contributed by atoms with E-state index in [9.17, 15) is 0 Å². The lowest BCUT2D eigenvalue weighted by molar-refractivity contribution is 0.399. The number of terminal acetylenes is 1. The first-order valence-electron chi connectivity index (χ1n) is 19.8. The van der Waals surface area contributed by atoms with E-state index < -0.39 is 0 Å². The van der Waals surface area contributed by atoms with Gasteiger partial charge in [-0.3, -0.25) is 15.0 Å². The van der Waals surface area contributed by atoms with E-state index in [-0.39, 0.29) is 23.3 Å². The van der Waals surface area contributed by atoms with E-state index >= 15 is 0 Å². The maximum absolute atomic E-state index is 6.11. The summed E-state index contributed by atoms with van der Waals surface area (Å²) in [7, 11) is 1.50. The van der Waals surface area contributed by atoms with Gasteiger partial charge in [-0.1, -0.05) is 24.1 Å². The number of hydrogen-bond donors (Lipinski definition) is 3. The summed E-state index contributed by atoms with van der Waals surface area (Å²) in [6.45, 7) is 0. The molecule has 0 spiro atoms. The fourth-order valence-corrected chi connectivity index (χ4v) is 6.22. The zero-order chi connectivity index (χ0) is 45.7. The second-order valence-electron chi connectivity index (χ2n) is 13.5. The number of ether oxygens (including phenoxy) is 1. The van der Waals surface area contributed by atoms with Crippen molar-refractivity contribution in [2.45, 2.75) is 0 Å². The molecule has 1 aromatic carbocycles. The van der Waals surface area contributed by atoms with Crippen molar-refractivity contribution in [2.75, 3.05) is 24.3 Å². The standard InChI is InChI=1S/C21H14N4O.C15H10N4O.C14H12N4O2/c22-21-17(9-8-15-5-2-1-3-6-15)24-19(16-10-12-23-13-11-16)20(25-21)18-7-4-14-26-18;1-2-11-15(16)19-14(12-4-3-9-20-12)13(18-11)10-5-7-17-8-6-10;1-19-14-13(15)17-12(10-3-2-8-20-10)11(18-14)9-4-6-16-7-5-9/h1-7,10-14H,(H2,22,25);1,3-9H,(H2,16,19);2-8H,1H3,(H2,15,17). The molecule has 16 nitrogen and oxygen atoms in total. The van der Waals surface area contributed by atoms with Crippen LogP contribution in [-0.4, -0.2) is 52.0 Å². The first kappa shape index (κ1) is 42.7. The molecule has 0 saturated carbocycles. The zero-order valence-corrected chi connectivity index (χ0v) is 35.0. The van der Waals surface area contributed by atoms with E-state index in [0.29, 0.717) is 62.8 Å². The molecule has 9 aromatic heterocycles. The number of rotatable bonds is 7. The smallest absolute Gasteiger partial charge is 0.257 e. The van der Waals surface area contributed by atoms with Gasteiger partial charge in [0.1, 0.15) is 34.2 Å². The van der Waals surface area contributed by atoms with Gasteiger partial charge in [-0.2, -0.15) is 0 Å². The van der Waals surface area contributed by atoms with Gasteiger partial charge in [0.25, 0.3) is 5.88 Å². The van der Waals surface area contributed by atoms with Gasteiger partial charge in [-0.25, -0.2) is 29.9 Å². The topological polar surface area (TPSA) is 243 Å². The van der Waals surface area contributed by atoms with Crippen molar-refractivity contribution in [1.82, 2.24) is 44.9 Å². The highest BCUT2D eigenvalue weighted by Crippen LogP contribution is 2.34. The second-order valence-corrected chi connectivity index (χ2v) is 13.5. The third-order valence-electron chi connectivity index (χ3n) is 9.29. The van der Waals surface area contributed by atoms with Gasteiger partial charge >= 0.3 is 0 Å². The molecule has 16 heteroatoms. The van der Waals surface area contributed by atoms with Gasteiger partial charge in [0.2, 0.25) is 0 Å². The molecule has 66 heavy (non-hydrogen) atoms. The van der Waals surface area contributed by atoms with Crippen molar-refractivity contribution in [1.29, 1.82) is 0 Å². The normalized spacial score (nSPS) is 10.2. The van der Waals surface area contributed by atoms with Gasteiger partial charge < -0.3 is 35.2 Å². The molecule has 0 amide bonds. The van der Waals surface area contributed by atoms with Crippen molar-refractivity contribution in [3.63, 3.8) is 0 Å². The van der Waals surface area contributed by atoms with Gasteiger partial charge in [-0.05, 0) is 96.8 Å². The van der Waals surface area contributed by atoms with Crippen LogP contribution >= 0.6 is 0 Å². The molecule has 0 fully saturated rings. The highest BCUT2D eigenvalue weighted by Gasteiger charge is 2.19. The lowest BCUT2D eigenvalue weighted by atomic mass is 10.1. The number of methoxy groups -OCH3 is 1. The molecule has 0 atom stereocenters. The molecule has 320 valence electrons. The lowest BCUT2D eigenvalue weighted by Gasteiger charge is -2.10. The average molecular weight is 869 g/mol. The number of anilines is 3. The summed E-state index contributed by atoms with van der Waals surface area (Å²) >= 11 is 0. The van der Waals surface area contributed by atoms with Crippen LogP contribution in [0.25, 0.3) is 68.1 Å². The molecule has 6 N–H and O–H groups in total. The van der Waals surface area contributed by atoms with Crippen LogP contribution in [0.4, 0.5) is 17.5 Å². The van der Waals surface area contributed by atoms with Crippen LogP contribution in [0.1, 0.15) is 17.0 Å². The molecule has 10 aromatic rings. The van der Waals surface area contributed by atoms with E-state index in [4.69, 9.17) is 41.6 Å². The van der Waals surface area contributed by atoms with Crippen LogP contribution in [0.15, 0.2) is 172 Å². The van der Waals surface area contributed by atoms with Gasteiger partial charge in [0, 0.05) is 59.4 Å². The molecule has 0 aliphatic heterocycles. The summed E-state index contributed by atoms with van der Waals surface area (Å²) in [5, 5.41) is 0. The van der Waals surface area contributed by atoms with Crippen molar-refractivity contribution >= 4 is 17.5 Å². The molecule has 0 aliphatic rings. The number of nitrogens with two attached hydrogens (primary N) is 3. The Hall–Kier alpha value is -9.93. The summed E-state index contributed by atoms with van der Waals surface area (Å²) in [6, 6.07) is 31.5. The van der Waals surface area contributed by atoms with E-state index in [1.807, 2.05) is 72.8 Å². The fraction of sp³-hybridized carbons (Fsp3) is 0.0200. The van der Waals surface area contributed by atoms with Gasteiger partial charge in [-0.15, -0.1) is 6.42 Å². The third-order valence-corrected chi connectivity index (χ3v) is 9.29. The van der Waals surface area contributed by atoms with Crippen molar-refractivity contribution in [3.8, 4) is 98.2 Å². The number of nitrogens with zero attached hydrogens (tertiary/aromatic N) is 9. The minimum atomic E-state index is 0.205. The largest absolute Gasteiger partial charge is 0.478 e. The Bertz CT molecular complexity index is 3260. The summed E-state index contributed by atoms with van der Waals surface area (Å²) in [6.07, 6.45) is 20.3. The second kappa shape index (κ2) is 20.3. The highest BCUT2D eigenvalue weighted by molar-refractivity contribution is 5.79. The Morgan fingerprint density at radius 3 is 1.26 bits per heavy atom. The number of furan rings is 3. The lowest BCUT2D eigenvalue weighted by Crippen LogP contribution is -2.03. The number of nitrogen functional groups attached to an aromatic ring is 3. The van der Waals surface area contributed by atoms with Crippen molar-refractivity contribution < 1.29 is 18.0 Å². The number of pyridine rings is 3. The van der Waals surface area contributed by atoms with Gasteiger partial charge in [0.05, 0.1) is 25.9 Å². The molecule has 9 heterocycles. The predicted octanol–water partition coefficient (Wildman–Crippen LogP) is 8.53. The number of aromatic nitrogens is 9. The summed E-state index contributed by atoms with van der Waals surface area (Å²) in [4.78, 5) is 38.7. The number of hydrogen-bond acceptors (Lipinski definition) is 16. The first-order valence-corrected chi connectivity index (χ1v) is 19.8. The Kier molecular flexibility index (Phi) is 13.1. The van der Waals surface area contributed by atoms with Crippen molar-refractivity contribution in [3.05, 3.63) is 176 Å². The maximum Gasteiger partial charge on any atom is 0.257 e. The number of benzene rings is 1. The van der Waals surface area contributed by atoms with Crippen molar-refractivity contribution in [2.24, 2.45) is 0 Å². The Morgan fingerprint density at radius 1 is 0.439 bits per heavy atom. The SMILES string of the molecule is C#Cc1nc(-c2ccncc2)c(-c2ccco2)nc1N.COc1nc(-c2ccncc2)c(-c2ccco2)nc1N.Nc1nc(-c2ccco2)c(-c2ccncc2)nc1C#Cc1ccccc1.